The number of esters is 1. The van der Waals surface area contributed by atoms with Crippen molar-refractivity contribution in [3.63, 3.8) is 0 Å². The second-order valence-electron chi connectivity index (χ2n) is 8.52. The van der Waals surface area contributed by atoms with Crippen LogP contribution in [0.3, 0.4) is 0 Å². The van der Waals surface area contributed by atoms with E-state index in [4.69, 9.17) is 9.47 Å². The molecule has 0 saturated heterocycles. The molecule has 0 unspecified atom stereocenters. The van der Waals surface area contributed by atoms with E-state index in [-0.39, 0.29) is 18.7 Å². The molecule has 2 amide bonds. The number of halogens is 1. The van der Waals surface area contributed by atoms with Gasteiger partial charge in [0, 0.05) is 22.3 Å². The number of hydrogen-bond donors (Lipinski definition) is 2. The Hall–Kier alpha value is -3.65. The van der Waals surface area contributed by atoms with Gasteiger partial charge in [-0.3, -0.25) is 14.4 Å². The van der Waals surface area contributed by atoms with E-state index in [2.05, 4.69) is 26.6 Å². The summed E-state index contributed by atoms with van der Waals surface area (Å²) in [6.45, 7) is 7.34. The lowest BCUT2D eigenvalue weighted by Gasteiger charge is -2.12. The van der Waals surface area contributed by atoms with Crippen molar-refractivity contribution in [3.05, 3.63) is 81.3 Å². The monoisotopic (exact) mass is 552 g/mol. The minimum atomic E-state index is -0.624. The Bertz CT molecular complexity index is 1250. The van der Waals surface area contributed by atoms with Gasteiger partial charge >= 0.3 is 5.97 Å². The molecule has 0 bridgehead atoms. The number of ether oxygens (including phenoxy) is 2. The highest BCUT2D eigenvalue weighted by molar-refractivity contribution is 9.10. The van der Waals surface area contributed by atoms with E-state index in [1.165, 1.54) is 0 Å². The SMILES string of the molecule is Cc1cc(NC(=O)COC(=O)CCC(=O)Nc2ccc(Oc3c(C)cccc3C)cc2)c(C)cc1Br. The molecule has 0 aliphatic carbocycles. The maximum Gasteiger partial charge on any atom is 0.306 e. The maximum absolute atomic E-state index is 12.2. The molecule has 0 heterocycles. The van der Waals surface area contributed by atoms with Crippen molar-refractivity contribution >= 4 is 45.1 Å². The number of rotatable bonds is 9. The van der Waals surface area contributed by atoms with Crippen molar-refractivity contribution < 1.29 is 23.9 Å². The molecule has 0 spiro atoms. The van der Waals surface area contributed by atoms with Crippen molar-refractivity contribution in [2.45, 2.75) is 40.5 Å². The van der Waals surface area contributed by atoms with Gasteiger partial charge in [0.25, 0.3) is 5.91 Å². The zero-order valence-corrected chi connectivity index (χ0v) is 22.3. The molecule has 3 aromatic carbocycles. The molecule has 3 aromatic rings. The second kappa shape index (κ2) is 12.4. The average molecular weight is 553 g/mol. The van der Waals surface area contributed by atoms with Crippen LogP contribution < -0.4 is 15.4 Å². The summed E-state index contributed by atoms with van der Waals surface area (Å²) in [5.41, 5.74) is 5.17. The van der Waals surface area contributed by atoms with Crippen LogP contribution in [0.5, 0.6) is 11.5 Å². The molecule has 0 saturated carbocycles. The number of benzene rings is 3. The van der Waals surface area contributed by atoms with Crippen LogP contribution >= 0.6 is 15.9 Å². The zero-order chi connectivity index (χ0) is 26.2. The van der Waals surface area contributed by atoms with Gasteiger partial charge in [0.2, 0.25) is 5.91 Å². The summed E-state index contributed by atoms with van der Waals surface area (Å²) in [7, 11) is 0. The second-order valence-corrected chi connectivity index (χ2v) is 9.38. The van der Waals surface area contributed by atoms with Gasteiger partial charge in [-0.25, -0.2) is 0 Å². The van der Waals surface area contributed by atoms with Crippen LogP contribution in [0.1, 0.15) is 35.1 Å². The molecule has 3 rings (SSSR count). The number of carbonyl (C=O) groups is 3. The first-order valence-corrected chi connectivity index (χ1v) is 12.3. The number of carbonyl (C=O) groups excluding carboxylic acids is 3. The predicted octanol–water partition coefficient (Wildman–Crippen LogP) is 6.38. The Morgan fingerprint density at radius 3 is 2.11 bits per heavy atom. The lowest BCUT2D eigenvalue weighted by atomic mass is 10.1. The van der Waals surface area contributed by atoms with Crippen molar-refractivity contribution in [3.8, 4) is 11.5 Å². The van der Waals surface area contributed by atoms with Gasteiger partial charge in [-0.05, 0) is 86.3 Å². The van der Waals surface area contributed by atoms with E-state index in [0.717, 1.165) is 32.5 Å². The molecule has 0 fully saturated rings. The fraction of sp³-hybridized carbons (Fsp3) is 0.250. The molecule has 188 valence electrons. The number of nitrogens with one attached hydrogen (secondary N) is 2. The van der Waals surface area contributed by atoms with Crippen LogP contribution in [0.4, 0.5) is 11.4 Å². The van der Waals surface area contributed by atoms with Gasteiger partial charge in [-0.2, -0.15) is 0 Å². The van der Waals surface area contributed by atoms with Crippen molar-refractivity contribution in [1.29, 1.82) is 0 Å². The first-order valence-electron chi connectivity index (χ1n) is 11.5. The Balaban J connectivity index is 1.41. The zero-order valence-electron chi connectivity index (χ0n) is 20.7. The lowest BCUT2D eigenvalue weighted by Crippen LogP contribution is -2.22. The molecular formula is C28H29BrN2O5. The summed E-state index contributed by atoms with van der Waals surface area (Å²) >= 11 is 3.45. The number of anilines is 2. The van der Waals surface area contributed by atoms with E-state index in [0.29, 0.717) is 17.1 Å². The molecule has 2 N–H and O–H groups in total. The first kappa shape index (κ1) is 26.9. The van der Waals surface area contributed by atoms with Crippen molar-refractivity contribution in [2.24, 2.45) is 0 Å². The summed E-state index contributed by atoms with van der Waals surface area (Å²) in [5.74, 6) is 0.0623. The van der Waals surface area contributed by atoms with Crippen molar-refractivity contribution in [1.82, 2.24) is 0 Å². The topological polar surface area (TPSA) is 93.7 Å². The van der Waals surface area contributed by atoms with Gasteiger partial charge < -0.3 is 20.1 Å². The largest absolute Gasteiger partial charge is 0.457 e. The molecule has 36 heavy (non-hydrogen) atoms. The molecule has 0 aliphatic heterocycles. The molecule has 7 nitrogen and oxygen atoms in total. The third-order valence-corrected chi connectivity index (χ3v) is 6.32. The predicted molar refractivity (Wildman–Crippen MR) is 144 cm³/mol. The lowest BCUT2D eigenvalue weighted by molar-refractivity contribution is -0.147. The van der Waals surface area contributed by atoms with Crippen LogP contribution in [0.15, 0.2) is 59.1 Å². The van der Waals surface area contributed by atoms with Gasteiger partial charge in [0.05, 0.1) is 6.42 Å². The highest BCUT2D eigenvalue weighted by atomic mass is 79.9. The highest BCUT2D eigenvalue weighted by Gasteiger charge is 2.13. The summed E-state index contributed by atoms with van der Waals surface area (Å²) < 4.78 is 11.9. The molecule has 0 radical (unpaired) electrons. The third-order valence-electron chi connectivity index (χ3n) is 5.47. The molecule has 8 heteroatoms. The van der Waals surface area contributed by atoms with E-state index in [9.17, 15) is 14.4 Å². The Kier molecular flexibility index (Phi) is 9.25. The Morgan fingerprint density at radius 2 is 1.44 bits per heavy atom. The fourth-order valence-corrected chi connectivity index (χ4v) is 3.90. The minimum absolute atomic E-state index is 0.0634. The number of para-hydroxylation sites is 1. The Morgan fingerprint density at radius 1 is 0.778 bits per heavy atom. The van der Waals surface area contributed by atoms with Gasteiger partial charge in [0.15, 0.2) is 6.61 Å². The average Bonchev–Trinajstić information content (AvgIpc) is 2.83. The van der Waals surface area contributed by atoms with Crippen molar-refractivity contribution in [2.75, 3.05) is 17.2 Å². The van der Waals surface area contributed by atoms with Crippen LogP contribution in [-0.4, -0.2) is 24.4 Å². The number of amides is 2. The van der Waals surface area contributed by atoms with Gasteiger partial charge in [0.1, 0.15) is 11.5 Å². The van der Waals surface area contributed by atoms with Crippen LogP contribution in [-0.2, 0) is 19.1 Å². The summed E-state index contributed by atoms with van der Waals surface area (Å²) in [6.07, 6.45) is -0.199. The van der Waals surface area contributed by atoms with E-state index in [1.807, 2.05) is 58.0 Å². The quantitative estimate of drug-likeness (QED) is 0.300. The highest BCUT2D eigenvalue weighted by Crippen LogP contribution is 2.29. The molecule has 0 aromatic heterocycles. The van der Waals surface area contributed by atoms with Crippen LogP contribution in [0, 0.1) is 27.7 Å². The minimum Gasteiger partial charge on any atom is -0.457 e. The molecule has 0 aliphatic rings. The first-order chi connectivity index (χ1) is 17.1. The van der Waals surface area contributed by atoms with E-state index in [1.54, 1.807) is 24.3 Å². The fourth-order valence-electron chi connectivity index (χ4n) is 3.44. The summed E-state index contributed by atoms with van der Waals surface area (Å²) in [5, 5.41) is 5.47. The summed E-state index contributed by atoms with van der Waals surface area (Å²) in [6, 6.07) is 16.7. The standard InChI is InChI=1S/C28H29BrN2O5/c1-17-6-5-7-18(2)28(17)36-22-10-8-21(9-11-22)30-25(32)12-13-27(34)35-16-26(33)31-24-15-19(3)23(29)14-20(24)4/h5-11,14-15H,12-13,16H2,1-4H3,(H,30,32)(H,31,33). The Labute approximate surface area is 219 Å². The maximum atomic E-state index is 12.2. The van der Waals surface area contributed by atoms with E-state index < -0.39 is 18.5 Å². The smallest absolute Gasteiger partial charge is 0.306 e. The summed E-state index contributed by atoms with van der Waals surface area (Å²) in [4.78, 5) is 36.4. The molecular weight excluding hydrogens is 524 g/mol. The van der Waals surface area contributed by atoms with Gasteiger partial charge in [-0.1, -0.05) is 34.1 Å². The normalized spacial score (nSPS) is 10.5. The van der Waals surface area contributed by atoms with Crippen LogP contribution in [0.2, 0.25) is 0 Å². The molecule has 0 atom stereocenters. The van der Waals surface area contributed by atoms with Gasteiger partial charge in [-0.15, -0.1) is 0 Å². The number of hydrogen-bond acceptors (Lipinski definition) is 5. The van der Waals surface area contributed by atoms with E-state index >= 15 is 0 Å². The third kappa shape index (κ3) is 7.68. The van der Waals surface area contributed by atoms with Crippen LogP contribution in [0.25, 0.3) is 0 Å². The number of aryl methyl sites for hydroxylation is 4.